The van der Waals surface area contributed by atoms with Crippen molar-refractivity contribution in [2.45, 2.75) is 45.4 Å². The molecule has 0 spiro atoms. The van der Waals surface area contributed by atoms with Gasteiger partial charge in [-0.15, -0.1) is 6.58 Å². The van der Waals surface area contributed by atoms with Crippen molar-refractivity contribution in [1.29, 1.82) is 0 Å². The fourth-order valence-corrected chi connectivity index (χ4v) is 6.57. The maximum Gasteiger partial charge on any atom is 0.143 e. The van der Waals surface area contributed by atoms with E-state index in [1.165, 1.54) is 19.3 Å². The van der Waals surface area contributed by atoms with Crippen LogP contribution in [0.3, 0.4) is 0 Å². The molecular weight excluding hydrogens is 284 g/mol. The summed E-state index contributed by atoms with van der Waals surface area (Å²) >= 11 is 0. The van der Waals surface area contributed by atoms with Gasteiger partial charge in [0.25, 0.3) is 0 Å². The molecule has 0 amide bonds. The van der Waals surface area contributed by atoms with Crippen LogP contribution in [0, 0.1) is 47.3 Å². The molecule has 124 valence electrons. The van der Waals surface area contributed by atoms with E-state index >= 15 is 0 Å². The van der Waals surface area contributed by atoms with Gasteiger partial charge in [-0.2, -0.15) is 0 Å². The summed E-state index contributed by atoms with van der Waals surface area (Å²) in [5.41, 5.74) is 0. The molecule has 0 aliphatic heterocycles. The zero-order valence-electron chi connectivity index (χ0n) is 14.1. The molecule has 0 aromatic carbocycles. The highest BCUT2D eigenvalue weighted by molar-refractivity contribution is 5.91. The molecule has 0 N–H and O–H groups in total. The highest BCUT2D eigenvalue weighted by Crippen LogP contribution is 2.59. The van der Waals surface area contributed by atoms with Crippen molar-refractivity contribution in [3.8, 4) is 0 Å². The van der Waals surface area contributed by atoms with Crippen LogP contribution in [0.4, 0.5) is 0 Å². The number of carbonyl (C=O) groups is 2. The maximum atomic E-state index is 12.9. The van der Waals surface area contributed by atoms with Crippen molar-refractivity contribution >= 4 is 11.6 Å². The number of fused-ring (bicyclic) bond motifs is 4. The Morgan fingerprint density at radius 2 is 1.61 bits per heavy atom. The van der Waals surface area contributed by atoms with E-state index in [-0.39, 0.29) is 23.7 Å². The van der Waals surface area contributed by atoms with Gasteiger partial charge in [-0.05, 0) is 56.3 Å². The van der Waals surface area contributed by atoms with Crippen molar-refractivity contribution in [2.24, 2.45) is 47.3 Å². The van der Waals surface area contributed by atoms with Crippen LogP contribution in [0.2, 0.25) is 0 Å². The van der Waals surface area contributed by atoms with E-state index in [4.69, 9.17) is 0 Å². The lowest BCUT2D eigenvalue weighted by Gasteiger charge is -2.37. The van der Waals surface area contributed by atoms with E-state index in [0.29, 0.717) is 35.2 Å². The number of carbonyl (C=O) groups excluding carboxylic acids is 2. The first-order valence-electron chi connectivity index (χ1n) is 9.50. The summed E-state index contributed by atoms with van der Waals surface area (Å²) in [5, 5.41) is 0. The topological polar surface area (TPSA) is 34.1 Å². The third-order valence-corrected chi connectivity index (χ3v) is 7.46. The predicted octanol–water partition coefficient (Wildman–Crippen LogP) is 4.21. The summed E-state index contributed by atoms with van der Waals surface area (Å²) < 4.78 is 0. The van der Waals surface area contributed by atoms with Crippen LogP contribution < -0.4 is 0 Å². The molecule has 4 rings (SSSR count). The number of Topliss-reactive ketones (excluding diaryl/α,β-unsaturated/α-hetero) is 2. The van der Waals surface area contributed by atoms with Gasteiger partial charge in [-0.3, -0.25) is 9.59 Å². The van der Waals surface area contributed by atoms with Gasteiger partial charge < -0.3 is 0 Å². The molecule has 0 bridgehead atoms. The Morgan fingerprint density at radius 1 is 0.913 bits per heavy atom. The fourth-order valence-electron chi connectivity index (χ4n) is 6.57. The molecule has 4 fully saturated rings. The van der Waals surface area contributed by atoms with Crippen LogP contribution in [0.25, 0.3) is 0 Å². The summed E-state index contributed by atoms with van der Waals surface area (Å²) in [5.74, 6) is 3.37. The third kappa shape index (κ3) is 2.13. The minimum Gasteiger partial charge on any atom is -0.299 e. The molecular formula is C21H28O2. The zero-order valence-corrected chi connectivity index (χ0v) is 14.1. The van der Waals surface area contributed by atoms with Gasteiger partial charge in [0, 0.05) is 23.7 Å². The third-order valence-electron chi connectivity index (χ3n) is 7.46. The van der Waals surface area contributed by atoms with Crippen molar-refractivity contribution < 1.29 is 9.59 Å². The van der Waals surface area contributed by atoms with Gasteiger partial charge >= 0.3 is 0 Å². The molecule has 4 saturated carbocycles. The number of rotatable bonds is 2. The van der Waals surface area contributed by atoms with Gasteiger partial charge in [-0.1, -0.05) is 31.1 Å². The summed E-state index contributed by atoms with van der Waals surface area (Å²) in [4.78, 5) is 25.9. The average molecular weight is 312 g/mol. The number of hydrogen-bond acceptors (Lipinski definition) is 2. The van der Waals surface area contributed by atoms with Crippen LogP contribution in [0.1, 0.15) is 45.4 Å². The SMILES string of the molecule is C=CC1C(/C=C\C)C(=O)C2CC3C(CC21)C(=O)C1CCCCC13. The van der Waals surface area contributed by atoms with E-state index in [9.17, 15) is 9.59 Å². The Morgan fingerprint density at radius 3 is 2.35 bits per heavy atom. The maximum absolute atomic E-state index is 12.9. The van der Waals surface area contributed by atoms with Crippen molar-refractivity contribution in [3.63, 3.8) is 0 Å². The first kappa shape index (κ1) is 15.4. The minimum atomic E-state index is 0.00332. The summed E-state index contributed by atoms with van der Waals surface area (Å²) in [6.07, 6.45) is 12.8. The highest BCUT2D eigenvalue weighted by Gasteiger charge is 2.59. The van der Waals surface area contributed by atoms with Crippen LogP contribution in [-0.2, 0) is 9.59 Å². The molecule has 2 nitrogen and oxygen atoms in total. The second kappa shape index (κ2) is 5.72. The highest BCUT2D eigenvalue weighted by atomic mass is 16.1. The number of allylic oxidation sites excluding steroid dienone is 3. The lowest BCUT2D eigenvalue weighted by atomic mass is 9.66. The van der Waals surface area contributed by atoms with E-state index in [0.717, 1.165) is 19.3 Å². The van der Waals surface area contributed by atoms with Gasteiger partial charge in [0.2, 0.25) is 0 Å². The summed E-state index contributed by atoms with van der Waals surface area (Å²) in [7, 11) is 0. The normalized spacial score (nSPS) is 49.1. The Bertz CT molecular complexity index is 560. The molecule has 2 heteroatoms. The number of ketones is 2. The summed E-state index contributed by atoms with van der Waals surface area (Å²) in [6.45, 7) is 5.99. The van der Waals surface area contributed by atoms with E-state index in [2.05, 4.69) is 12.7 Å². The molecule has 4 aliphatic carbocycles. The van der Waals surface area contributed by atoms with Crippen LogP contribution >= 0.6 is 0 Å². The molecule has 0 aromatic heterocycles. The van der Waals surface area contributed by atoms with E-state index < -0.39 is 0 Å². The van der Waals surface area contributed by atoms with Crippen LogP contribution in [0.15, 0.2) is 24.8 Å². The second-order valence-electron chi connectivity index (χ2n) is 8.24. The molecule has 8 atom stereocenters. The smallest absolute Gasteiger partial charge is 0.143 e. The standard InChI is InChI=1S/C21H28O2/c1-3-7-14-12(4-2)16-10-19-17(11-18(16)20(14)22)13-8-5-6-9-15(13)21(19)23/h3-4,7,12-19H,2,5-6,8-11H2,1H3/b7-3-. The molecule has 0 heterocycles. The molecule has 0 aromatic rings. The molecule has 0 saturated heterocycles. The second-order valence-corrected chi connectivity index (χ2v) is 8.24. The van der Waals surface area contributed by atoms with Gasteiger partial charge in [0.1, 0.15) is 11.6 Å². The first-order chi connectivity index (χ1) is 11.2. The van der Waals surface area contributed by atoms with Crippen molar-refractivity contribution in [2.75, 3.05) is 0 Å². The monoisotopic (exact) mass is 312 g/mol. The van der Waals surface area contributed by atoms with Crippen molar-refractivity contribution in [1.82, 2.24) is 0 Å². The van der Waals surface area contributed by atoms with Crippen molar-refractivity contribution in [3.05, 3.63) is 24.8 Å². The van der Waals surface area contributed by atoms with Gasteiger partial charge in [-0.25, -0.2) is 0 Å². The Kier molecular flexibility index (Phi) is 3.82. The lowest BCUT2D eigenvalue weighted by molar-refractivity contribution is -0.128. The first-order valence-corrected chi connectivity index (χ1v) is 9.50. The quantitative estimate of drug-likeness (QED) is 0.716. The Balaban J connectivity index is 1.64. The fraction of sp³-hybridized carbons (Fsp3) is 0.714. The Labute approximate surface area is 139 Å². The number of hydrogen-bond donors (Lipinski definition) is 0. The van der Waals surface area contributed by atoms with Gasteiger partial charge in [0.15, 0.2) is 0 Å². The Hall–Kier alpha value is -1.18. The van der Waals surface area contributed by atoms with E-state index in [1.54, 1.807) is 0 Å². The molecule has 8 unspecified atom stereocenters. The molecule has 4 aliphatic rings. The van der Waals surface area contributed by atoms with Gasteiger partial charge in [0.05, 0.1) is 0 Å². The van der Waals surface area contributed by atoms with Crippen LogP contribution in [0.5, 0.6) is 0 Å². The minimum absolute atomic E-state index is 0.00332. The lowest BCUT2D eigenvalue weighted by Crippen LogP contribution is -2.34. The molecule has 0 radical (unpaired) electrons. The van der Waals surface area contributed by atoms with E-state index in [1.807, 2.05) is 19.1 Å². The summed E-state index contributed by atoms with van der Waals surface area (Å²) in [6, 6.07) is 0. The molecule has 23 heavy (non-hydrogen) atoms. The predicted molar refractivity (Wildman–Crippen MR) is 90.6 cm³/mol. The average Bonchev–Trinajstić information content (AvgIpc) is 3.00. The largest absolute Gasteiger partial charge is 0.299 e. The zero-order chi connectivity index (χ0) is 16.1. The van der Waals surface area contributed by atoms with Crippen LogP contribution in [-0.4, -0.2) is 11.6 Å².